The van der Waals surface area contributed by atoms with E-state index in [1.54, 1.807) is 24.4 Å². The van der Waals surface area contributed by atoms with Crippen molar-refractivity contribution in [1.82, 2.24) is 19.7 Å². The summed E-state index contributed by atoms with van der Waals surface area (Å²) < 4.78 is 11.1. The second kappa shape index (κ2) is 9.20. The predicted molar refractivity (Wildman–Crippen MR) is 114 cm³/mol. The Morgan fingerprint density at radius 3 is 2.55 bits per heavy atom. The van der Waals surface area contributed by atoms with Crippen molar-refractivity contribution in [2.75, 3.05) is 33.4 Å². The number of ether oxygens (including phenoxy) is 1. The van der Waals surface area contributed by atoms with Gasteiger partial charge in [0.05, 0.1) is 19.7 Å². The van der Waals surface area contributed by atoms with E-state index in [1.165, 1.54) is 4.90 Å². The maximum Gasteiger partial charge on any atom is 0.328 e. The topological polar surface area (TPSA) is 79.1 Å². The number of piperidine rings is 1. The summed E-state index contributed by atoms with van der Waals surface area (Å²) in [5, 5.41) is 0. The Bertz CT molecular complexity index is 905. The molecule has 0 saturated carbocycles. The number of aryl methyl sites for hydroxylation is 1. The Labute approximate surface area is 182 Å². The number of hydrogen-bond acceptors (Lipinski definition) is 6. The number of hydrogen-bond donors (Lipinski definition) is 0. The van der Waals surface area contributed by atoms with E-state index < -0.39 is 5.54 Å². The molecule has 2 saturated heterocycles. The van der Waals surface area contributed by atoms with Gasteiger partial charge < -0.3 is 14.1 Å². The normalized spacial score (nSPS) is 19.0. The maximum absolute atomic E-state index is 13.5. The van der Waals surface area contributed by atoms with Crippen molar-refractivity contribution in [3.63, 3.8) is 0 Å². The van der Waals surface area contributed by atoms with Crippen LogP contribution >= 0.6 is 0 Å². The maximum atomic E-state index is 13.5. The minimum Gasteiger partial charge on any atom is -0.465 e. The molecular formula is C23H30N4O4. The zero-order chi connectivity index (χ0) is 21.8. The molecule has 0 N–H and O–H groups in total. The number of methoxy groups -OCH3 is 1. The van der Waals surface area contributed by atoms with Crippen molar-refractivity contribution >= 4 is 11.9 Å². The average molecular weight is 427 g/mol. The van der Waals surface area contributed by atoms with E-state index in [-0.39, 0.29) is 18.5 Å². The molecular weight excluding hydrogens is 396 g/mol. The Morgan fingerprint density at radius 1 is 1.13 bits per heavy atom. The molecule has 4 heterocycles. The van der Waals surface area contributed by atoms with Gasteiger partial charge in [-0.25, -0.2) is 4.79 Å². The van der Waals surface area contributed by atoms with Gasteiger partial charge in [0, 0.05) is 45.6 Å². The number of amides is 3. The highest BCUT2D eigenvalue weighted by molar-refractivity contribution is 6.07. The molecule has 4 rings (SSSR count). The highest BCUT2D eigenvalue weighted by atomic mass is 16.5. The smallest absolute Gasteiger partial charge is 0.328 e. The second-order valence-electron chi connectivity index (χ2n) is 8.21. The van der Waals surface area contributed by atoms with Crippen molar-refractivity contribution in [2.45, 2.75) is 44.8 Å². The average Bonchev–Trinajstić information content (AvgIpc) is 3.32. The Hall–Kier alpha value is -2.71. The zero-order valence-corrected chi connectivity index (χ0v) is 18.2. The highest BCUT2D eigenvalue weighted by Gasteiger charge is 2.57. The summed E-state index contributed by atoms with van der Waals surface area (Å²) in [6.07, 6.45) is 5.46. The third kappa shape index (κ3) is 4.22. The number of nitrogens with zero attached hydrogens (tertiary/aromatic N) is 4. The summed E-state index contributed by atoms with van der Waals surface area (Å²) >= 11 is 0. The van der Waals surface area contributed by atoms with Crippen LogP contribution in [0.2, 0.25) is 0 Å². The number of rotatable bonds is 8. The zero-order valence-electron chi connectivity index (χ0n) is 18.2. The van der Waals surface area contributed by atoms with Crippen LogP contribution in [0.15, 0.2) is 41.1 Å². The van der Waals surface area contributed by atoms with Crippen molar-refractivity contribution in [2.24, 2.45) is 0 Å². The largest absolute Gasteiger partial charge is 0.465 e. The highest BCUT2D eigenvalue weighted by Crippen LogP contribution is 2.38. The van der Waals surface area contributed by atoms with Gasteiger partial charge in [0.2, 0.25) is 0 Å². The molecule has 0 atom stereocenters. The Balaban J connectivity index is 1.49. The molecule has 3 amide bonds. The van der Waals surface area contributed by atoms with Gasteiger partial charge in [0.1, 0.15) is 17.1 Å². The van der Waals surface area contributed by atoms with Crippen LogP contribution in [0.25, 0.3) is 0 Å². The van der Waals surface area contributed by atoms with Gasteiger partial charge in [-0.2, -0.15) is 0 Å². The summed E-state index contributed by atoms with van der Waals surface area (Å²) in [7, 11) is 1.61. The SMILES string of the molecule is CCc1ccc(CN2CCC3(CC2)C(=O)N(Cc2cccnc2)C(=O)N3CCOC)o1. The van der Waals surface area contributed by atoms with Crippen LogP contribution in [0, 0.1) is 0 Å². The van der Waals surface area contributed by atoms with Gasteiger partial charge >= 0.3 is 6.03 Å². The van der Waals surface area contributed by atoms with E-state index in [2.05, 4.69) is 16.8 Å². The number of urea groups is 1. The number of carbonyl (C=O) groups is 2. The molecule has 2 aromatic heterocycles. The lowest BCUT2D eigenvalue weighted by Crippen LogP contribution is -2.57. The van der Waals surface area contributed by atoms with Gasteiger partial charge in [-0.3, -0.25) is 19.6 Å². The van der Waals surface area contributed by atoms with Crippen LogP contribution in [0.5, 0.6) is 0 Å². The fourth-order valence-electron chi connectivity index (χ4n) is 4.57. The second-order valence-corrected chi connectivity index (χ2v) is 8.21. The van der Waals surface area contributed by atoms with Crippen molar-refractivity contribution in [1.29, 1.82) is 0 Å². The summed E-state index contributed by atoms with van der Waals surface area (Å²) in [6.45, 7) is 5.29. The van der Waals surface area contributed by atoms with Gasteiger partial charge in [0.15, 0.2) is 0 Å². The lowest BCUT2D eigenvalue weighted by molar-refractivity contribution is -0.136. The standard InChI is InChI=1S/C23H30N4O4/c1-3-19-6-7-20(31-19)17-25-11-8-23(9-12-25)21(28)26(16-18-5-4-10-24-15-18)22(29)27(23)13-14-30-2/h4-7,10,15H,3,8-9,11-14,16-17H2,1-2H3. The van der Waals surface area contributed by atoms with E-state index in [0.717, 1.165) is 43.1 Å². The molecule has 2 aliphatic heterocycles. The summed E-state index contributed by atoms with van der Waals surface area (Å²) in [4.78, 5) is 36.3. The monoisotopic (exact) mass is 426 g/mol. The number of furan rings is 1. The molecule has 31 heavy (non-hydrogen) atoms. The first kappa shape index (κ1) is 21.5. The summed E-state index contributed by atoms with van der Waals surface area (Å²) in [5.74, 6) is 1.82. The van der Waals surface area contributed by atoms with Gasteiger partial charge in [-0.05, 0) is 36.6 Å². The Morgan fingerprint density at radius 2 is 1.90 bits per heavy atom. The van der Waals surface area contributed by atoms with E-state index >= 15 is 0 Å². The first-order valence-electron chi connectivity index (χ1n) is 10.9. The molecule has 0 aromatic carbocycles. The van der Waals surface area contributed by atoms with Crippen LogP contribution in [-0.4, -0.2) is 70.5 Å². The minimum absolute atomic E-state index is 0.108. The molecule has 2 aromatic rings. The number of imide groups is 1. The van der Waals surface area contributed by atoms with E-state index in [9.17, 15) is 9.59 Å². The predicted octanol–water partition coefficient (Wildman–Crippen LogP) is 2.68. The molecule has 2 aliphatic rings. The molecule has 166 valence electrons. The number of carbonyl (C=O) groups excluding carboxylic acids is 2. The minimum atomic E-state index is -0.800. The lowest BCUT2D eigenvalue weighted by Gasteiger charge is -2.42. The number of aromatic nitrogens is 1. The molecule has 2 fully saturated rings. The van der Waals surface area contributed by atoms with Crippen LogP contribution < -0.4 is 0 Å². The van der Waals surface area contributed by atoms with Crippen LogP contribution in [0.1, 0.15) is 36.8 Å². The first-order valence-corrected chi connectivity index (χ1v) is 10.9. The van der Waals surface area contributed by atoms with Crippen molar-refractivity contribution in [3.8, 4) is 0 Å². The third-order valence-corrected chi connectivity index (χ3v) is 6.33. The summed E-state index contributed by atoms with van der Waals surface area (Å²) in [6, 6.07) is 7.50. The van der Waals surface area contributed by atoms with E-state index in [1.807, 2.05) is 24.3 Å². The van der Waals surface area contributed by atoms with Crippen LogP contribution in [-0.2, 0) is 29.0 Å². The quantitative estimate of drug-likeness (QED) is 0.604. The Kier molecular flexibility index (Phi) is 6.38. The van der Waals surface area contributed by atoms with E-state index in [4.69, 9.17) is 9.15 Å². The molecule has 1 spiro atoms. The first-order chi connectivity index (χ1) is 15.1. The van der Waals surface area contributed by atoms with E-state index in [0.29, 0.717) is 26.0 Å². The fraction of sp³-hybridized carbons (Fsp3) is 0.522. The molecule has 8 heteroatoms. The fourth-order valence-corrected chi connectivity index (χ4v) is 4.57. The summed E-state index contributed by atoms with van der Waals surface area (Å²) in [5.41, 5.74) is 0.0430. The van der Waals surface area contributed by atoms with Crippen molar-refractivity contribution < 1.29 is 18.7 Å². The van der Waals surface area contributed by atoms with Crippen molar-refractivity contribution in [3.05, 3.63) is 53.7 Å². The molecule has 8 nitrogen and oxygen atoms in total. The molecule has 0 aliphatic carbocycles. The molecule has 0 radical (unpaired) electrons. The molecule has 0 bridgehead atoms. The number of likely N-dealkylation sites (tertiary alicyclic amines) is 1. The van der Waals surface area contributed by atoms with Crippen LogP contribution in [0.4, 0.5) is 4.79 Å². The van der Waals surface area contributed by atoms with Gasteiger partial charge in [-0.15, -0.1) is 0 Å². The van der Waals surface area contributed by atoms with Gasteiger partial charge in [-0.1, -0.05) is 13.0 Å². The lowest BCUT2D eigenvalue weighted by atomic mass is 9.85. The molecule has 0 unspecified atom stereocenters. The third-order valence-electron chi connectivity index (χ3n) is 6.33. The van der Waals surface area contributed by atoms with Crippen LogP contribution in [0.3, 0.4) is 0 Å². The number of pyridine rings is 1. The van der Waals surface area contributed by atoms with Gasteiger partial charge in [0.25, 0.3) is 5.91 Å².